The number of nitrogens with one attached hydrogen (secondary N) is 1. The fraction of sp³-hybridized carbons (Fsp3) is 0.692. The fourth-order valence-electron chi connectivity index (χ4n) is 2.42. The molecule has 0 aliphatic heterocycles. The van der Waals surface area contributed by atoms with Crippen LogP contribution >= 0.6 is 0 Å². The molecule has 6 nitrogen and oxygen atoms in total. The first-order valence-electron chi connectivity index (χ1n) is 6.86. The lowest BCUT2D eigenvalue weighted by atomic mass is 9.82. The number of aromatic nitrogens is 2. The summed E-state index contributed by atoms with van der Waals surface area (Å²) in [4.78, 5) is 11.0. The molecular formula is C13H23N5O. The molecule has 0 bridgehead atoms. The quantitative estimate of drug-likeness (QED) is 0.524. The molecule has 1 fully saturated rings. The highest BCUT2D eigenvalue weighted by atomic mass is 16.3. The Hall–Kier alpha value is -1.40. The first kappa shape index (κ1) is 14.0. The number of hydrogen-bond acceptors (Lipinski definition) is 6. The van der Waals surface area contributed by atoms with Crippen molar-refractivity contribution >= 4 is 11.6 Å². The van der Waals surface area contributed by atoms with Crippen LogP contribution in [0.3, 0.4) is 0 Å². The SMILES string of the molecule is CCCc1nc(NN)cc(N(C)CC2CC(O)C2)n1. The minimum atomic E-state index is -0.110. The number of rotatable bonds is 6. The molecule has 0 atom stereocenters. The molecule has 0 amide bonds. The van der Waals surface area contributed by atoms with Gasteiger partial charge < -0.3 is 15.4 Å². The lowest BCUT2D eigenvalue weighted by molar-refractivity contribution is 0.0464. The van der Waals surface area contributed by atoms with Gasteiger partial charge in [0.15, 0.2) is 0 Å². The molecule has 0 unspecified atom stereocenters. The summed E-state index contributed by atoms with van der Waals surface area (Å²) in [5.74, 6) is 8.35. The van der Waals surface area contributed by atoms with E-state index in [1.54, 1.807) is 0 Å². The van der Waals surface area contributed by atoms with Crippen LogP contribution in [-0.4, -0.2) is 34.8 Å². The number of anilines is 2. The molecule has 2 rings (SSSR count). The molecule has 0 saturated heterocycles. The maximum absolute atomic E-state index is 9.33. The first-order chi connectivity index (χ1) is 9.12. The summed E-state index contributed by atoms with van der Waals surface area (Å²) < 4.78 is 0. The zero-order valence-electron chi connectivity index (χ0n) is 11.6. The zero-order chi connectivity index (χ0) is 13.8. The highest BCUT2D eigenvalue weighted by Gasteiger charge is 2.28. The van der Waals surface area contributed by atoms with E-state index in [9.17, 15) is 5.11 Å². The van der Waals surface area contributed by atoms with Crippen LogP contribution in [0.5, 0.6) is 0 Å². The monoisotopic (exact) mass is 265 g/mol. The predicted molar refractivity (Wildman–Crippen MR) is 75.8 cm³/mol. The molecule has 1 saturated carbocycles. The van der Waals surface area contributed by atoms with Gasteiger partial charge in [0.05, 0.1) is 6.10 Å². The highest BCUT2D eigenvalue weighted by Crippen LogP contribution is 2.29. The summed E-state index contributed by atoms with van der Waals surface area (Å²) in [6.07, 6.45) is 3.52. The lowest BCUT2D eigenvalue weighted by Gasteiger charge is -2.34. The summed E-state index contributed by atoms with van der Waals surface area (Å²) in [6.45, 7) is 3.01. The average molecular weight is 265 g/mol. The molecule has 1 heterocycles. The van der Waals surface area contributed by atoms with Gasteiger partial charge in [-0.25, -0.2) is 15.8 Å². The van der Waals surface area contributed by atoms with Crippen molar-refractivity contribution in [2.45, 2.75) is 38.7 Å². The van der Waals surface area contributed by atoms with Crippen molar-refractivity contribution in [3.05, 3.63) is 11.9 Å². The smallest absolute Gasteiger partial charge is 0.145 e. The van der Waals surface area contributed by atoms with Crippen molar-refractivity contribution in [2.24, 2.45) is 11.8 Å². The summed E-state index contributed by atoms with van der Waals surface area (Å²) in [5.41, 5.74) is 2.59. The van der Waals surface area contributed by atoms with Crippen LogP contribution in [-0.2, 0) is 6.42 Å². The number of nitrogens with zero attached hydrogens (tertiary/aromatic N) is 3. The van der Waals surface area contributed by atoms with E-state index in [-0.39, 0.29) is 6.10 Å². The lowest BCUT2D eigenvalue weighted by Crippen LogP contribution is -2.37. The Kier molecular flexibility index (Phi) is 4.55. The van der Waals surface area contributed by atoms with Crippen LogP contribution in [0.4, 0.5) is 11.6 Å². The van der Waals surface area contributed by atoms with Crippen LogP contribution in [0.25, 0.3) is 0 Å². The molecule has 1 aromatic rings. The number of aliphatic hydroxyl groups excluding tert-OH is 1. The number of aliphatic hydroxyl groups is 1. The Labute approximate surface area is 114 Å². The molecule has 6 heteroatoms. The van der Waals surface area contributed by atoms with E-state index in [2.05, 4.69) is 27.2 Å². The van der Waals surface area contributed by atoms with Gasteiger partial charge in [-0.1, -0.05) is 6.92 Å². The second-order valence-corrected chi connectivity index (χ2v) is 5.29. The van der Waals surface area contributed by atoms with Crippen LogP contribution in [0.1, 0.15) is 32.0 Å². The number of nitrogen functional groups attached to an aromatic ring is 1. The van der Waals surface area contributed by atoms with Crippen molar-refractivity contribution in [1.29, 1.82) is 0 Å². The fourth-order valence-corrected chi connectivity index (χ4v) is 2.42. The van der Waals surface area contributed by atoms with Crippen molar-refractivity contribution < 1.29 is 5.11 Å². The van der Waals surface area contributed by atoms with Gasteiger partial charge in [-0.2, -0.15) is 0 Å². The van der Waals surface area contributed by atoms with Crippen molar-refractivity contribution in [1.82, 2.24) is 9.97 Å². The van der Waals surface area contributed by atoms with Gasteiger partial charge in [-0.3, -0.25) is 0 Å². The van der Waals surface area contributed by atoms with Crippen LogP contribution < -0.4 is 16.2 Å². The van der Waals surface area contributed by atoms with E-state index in [0.29, 0.717) is 11.7 Å². The average Bonchev–Trinajstić information content (AvgIpc) is 2.36. The molecule has 0 spiro atoms. The van der Waals surface area contributed by atoms with Gasteiger partial charge in [0.1, 0.15) is 17.5 Å². The van der Waals surface area contributed by atoms with Crippen molar-refractivity contribution in [2.75, 3.05) is 23.9 Å². The Morgan fingerprint density at radius 2 is 2.21 bits per heavy atom. The third-order valence-corrected chi connectivity index (χ3v) is 3.51. The van der Waals surface area contributed by atoms with Gasteiger partial charge in [0.25, 0.3) is 0 Å². The molecule has 1 aliphatic rings. The predicted octanol–water partition coefficient (Wildman–Crippen LogP) is 0.922. The van der Waals surface area contributed by atoms with Crippen LogP contribution in [0.2, 0.25) is 0 Å². The van der Waals surface area contributed by atoms with E-state index in [0.717, 1.165) is 43.9 Å². The highest BCUT2D eigenvalue weighted by molar-refractivity contribution is 5.48. The topological polar surface area (TPSA) is 87.3 Å². The van der Waals surface area contributed by atoms with Gasteiger partial charge in [-0.15, -0.1) is 0 Å². The van der Waals surface area contributed by atoms with Crippen molar-refractivity contribution in [3.63, 3.8) is 0 Å². The Balaban J connectivity index is 2.06. The van der Waals surface area contributed by atoms with Gasteiger partial charge >= 0.3 is 0 Å². The van der Waals surface area contributed by atoms with Gasteiger partial charge in [0.2, 0.25) is 0 Å². The maximum Gasteiger partial charge on any atom is 0.145 e. The zero-order valence-corrected chi connectivity index (χ0v) is 11.6. The molecule has 19 heavy (non-hydrogen) atoms. The van der Waals surface area contributed by atoms with E-state index in [1.165, 1.54) is 0 Å². The van der Waals surface area contributed by atoms with Crippen LogP contribution in [0, 0.1) is 5.92 Å². The molecule has 0 radical (unpaired) electrons. The molecule has 1 aliphatic carbocycles. The largest absolute Gasteiger partial charge is 0.393 e. The maximum atomic E-state index is 9.33. The van der Waals surface area contributed by atoms with E-state index >= 15 is 0 Å². The molecular weight excluding hydrogens is 242 g/mol. The third kappa shape index (κ3) is 3.54. The minimum Gasteiger partial charge on any atom is -0.393 e. The normalized spacial score (nSPS) is 21.9. The van der Waals surface area contributed by atoms with Crippen molar-refractivity contribution in [3.8, 4) is 0 Å². The number of hydrazine groups is 1. The van der Waals surface area contributed by atoms with Crippen LogP contribution in [0.15, 0.2) is 6.07 Å². The minimum absolute atomic E-state index is 0.110. The molecule has 106 valence electrons. The number of hydrogen-bond donors (Lipinski definition) is 3. The summed E-state index contributed by atoms with van der Waals surface area (Å²) >= 11 is 0. The van der Waals surface area contributed by atoms with Gasteiger partial charge in [0, 0.05) is 26.1 Å². The third-order valence-electron chi connectivity index (χ3n) is 3.51. The second kappa shape index (κ2) is 6.16. The first-order valence-corrected chi connectivity index (χ1v) is 6.86. The molecule has 0 aromatic carbocycles. The molecule has 4 N–H and O–H groups in total. The van der Waals surface area contributed by atoms with Gasteiger partial charge in [-0.05, 0) is 25.2 Å². The number of nitrogens with two attached hydrogens (primary N) is 1. The summed E-state index contributed by atoms with van der Waals surface area (Å²) in [7, 11) is 2.02. The molecule has 1 aromatic heterocycles. The second-order valence-electron chi connectivity index (χ2n) is 5.29. The Morgan fingerprint density at radius 1 is 1.47 bits per heavy atom. The van der Waals surface area contributed by atoms with E-state index < -0.39 is 0 Å². The summed E-state index contributed by atoms with van der Waals surface area (Å²) in [6, 6.07) is 1.86. The standard InChI is InChI=1S/C13H23N5O/c1-3-4-11-15-12(17-14)7-13(16-11)18(2)8-9-5-10(19)6-9/h7,9-10,19H,3-6,8,14H2,1-2H3,(H,15,16,17). The van der Waals surface area contributed by atoms with E-state index in [1.807, 2.05) is 13.1 Å². The summed E-state index contributed by atoms with van der Waals surface area (Å²) in [5, 5.41) is 9.33. The Bertz CT molecular complexity index is 419. The number of aryl methyl sites for hydroxylation is 1. The van der Waals surface area contributed by atoms with E-state index in [4.69, 9.17) is 5.84 Å². The Morgan fingerprint density at radius 3 is 2.79 bits per heavy atom.